The third-order valence-electron chi connectivity index (χ3n) is 7.26. The Morgan fingerprint density at radius 1 is 1.05 bits per heavy atom. The molecule has 0 spiro atoms. The highest BCUT2D eigenvalue weighted by Crippen LogP contribution is 2.75. The van der Waals surface area contributed by atoms with E-state index in [4.69, 9.17) is 0 Å². The van der Waals surface area contributed by atoms with Crippen molar-refractivity contribution in [3.8, 4) is 0 Å². The molecule has 0 saturated heterocycles. The first kappa shape index (κ1) is 15.4. The number of hydrogen-bond donors (Lipinski definition) is 0. The van der Waals surface area contributed by atoms with Crippen molar-refractivity contribution in [2.75, 3.05) is 0 Å². The molecule has 2 saturated carbocycles. The van der Waals surface area contributed by atoms with Gasteiger partial charge in [0.15, 0.2) is 0 Å². The molecular weight excluding hydrogens is 228 g/mol. The topological polar surface area (TPSA) is 0 Å². The van der Waals surface area contributed by atoms with Gasteiger partial charge in [-0.15, -0.1) is 0 Å². The Morgan fingerprint density at radius 2 is 1.47 bits per heavy atom. The van der Waals surface area contributed by atoms with Gasteiger partial charge in [0.05, 0.1) is 0 Å². The molecule has 0 N–H and O–H groups in total. The third-order valence-corrected chi connectivity index (χ3v) is 7.26. The predicted octanol–water partition coefficient (Wildman–Crippen LogP) is 6.16. The minimum Gasteiger partial charge on any atom is -0.0623 e. The van der Waals surface area contributed by atoms with E-state index < -0.39 is 0 Å². The maximum absolute atomic E-state index is 2.53. The fourth-order valence-corrected chi connectivity index (χ4v) is 5.29. The van der Waals surface area contributed by atoms with E-state index in [1.807, 2.05) is 0 Å². The molecule has 0 aromatic carbocycles. The van der Waals surface area contributed by atoms with E-state index in [0.29, 0.717) is 16.2 Å². The Hall–Kier alpha value is 0. The Morgan fingerprint density at radius 3 is 1.79 bits per heavy atom. The lowest BCUT2D eigenvalue weighted by molar-refractivity contribution is 0.0755. The molecule has 0 aromatic rings. The van der Waals surface area contributed by atoms with Gasteiger partial charge in [0.1, 0.15) is 0 Å². The van der Waals surface area contributed by atoms with Gasteiger partial charge in [-0.1, -0.05) is 68.2 Å². The molecule has 0 aliphatic heterocycles. The van der Waals surface area contributed by atoms with Crippen molar-refractivity contribution in [2.24, 2.45) is 39.9 Å². The van der Waals surface area contributed by atoms with E-state index in [0.717, 1.165) is 23.7 Å². The highest BCUT2D eigenvalue weighted by atomic mass is 14.7. The molecule has 0 radical (unpaired) electrons. The average Bonchev–Trinajstić information content (AvgIpc) is 2.59. The first-order valence-electron chi connectivity index (χ1n) is 8.53. The van der Waals surface area contributed by atoms with Gasteiger partial charge in [-0.2, -0.15) is 0 Å². The molecule has 2 fully saturated rings. The largest absolute Gasteiger partial charge is 0.0623 e. The van der Waals surface area contributed by atoms with Crippen LogP contribution in [-0.4, -0.2) is 0 Å². The fourth-order valence-electron chi connectivity index (χ4n) is 5.29. The van der Waals surface area contributed by atoms with E-state index >= 15 is 0 Å². The molecule has 0 nitrogen and oxygen atoms in total. The molecule has 19 heavy (non-hydrogen) atoms. The summed E-state index contributed by atoms with van der Waals surface area (Å²) < 4.78 is 0. The lowest BCUT2D eigenvalue weighted by Crippen LogP contribution is -2.34. The van der Waals surface area contributed by atoms with Gasteiger partial charge in [-0.25, -0.2) is 0 Å². The Balaban J connectivity index is 2.26. The highest BCUT2D eigenvalue weighted by molar-refractivity contribution is 5.16. The molecule has 0 bridgehead atoms. The van der Waals surface area contributed by atoms with E-state index in [2.05, 4.69) is 55.4 Å². The van der Waals surface area contributed by atoms with Gasteiger partial charge in [0, 0.05) is 0 Å². The zero-order valence-electron chi connectivity index (χ0n) is 14.6. The van der Waals surface area contributed by atoms with Crippen LogP contribution in [0.4, 0.5) is 0 Å². The normalized spacial score (nSPS) is 41.8. The summed E-state index contributed by atoms with van der Waals surface area (Å²) in [6.45, 7) is 19.9. The summed E-state index contributed by atoms with van der Waals surface area (Å²) in [5.74, 6) is 3.65. The quantitative estimate of drug-likeness (QED) is 0.570. The molecule has 0 amide bonds. The van der Waals surface area contributed by atoms with Crippen LogP contribution < -0.4 is 0 Å². The fraction of sp³-hybridized carbons (Fsp3) is 1.00. The van der Waals surface area contributed by atoms with Crippen molar-refractivity contribution in [3.05, 3.63) is 0 Å². The summed E-state index contributed by atoms with van der Waals surface area (Å²) in [6, 6.07) is 0. The summed E-state index contributed by atoms with van der Waals surface area (Å²) >= 11 is 0. The summed E-state index contributed by atoms with van der Waals surface area (Å²) in [4.78, 5) is 0. The van der Waals surface area contributed by atoms with Gasteiger partial charge in [-0.3, -0.25) is 0 Å². The Kier molecular flexibility index (Phi) is 3.64. The second-order valence-electron chi connectivity index (χ2n) is 9.59. The standard InChI is InChI=1S/C19H36/c1-13(2)17(5,6)11-19(12-18(19,7)8)16-14(3)9-10-15(16)4/h13-16H,9-12H2,1-8H3. The van der Waals surface area contributed by atoms with Crippen LogP contribution >= 0.6 is 0 Å². The monoisotopic (exact) mass is 264 g/mol. The van der Waals surface area contributed by atoms with Crippen molar-refractivity contribution in [1.29, 1.82) is 0 Å². The maximum atomic E-state index is 2.53. The zero-order valence-corrected chi connectivity index (χ0v) is 14.6. The van der Waals surface area contributed by atoms with Gasteiger partial charge >= 0.3 is 0 Å². The molecule has 2 aliphatic rings. The van der Waals surface area contributed by atoms with Gasteiger partial charge in [0.25, 0.3) is 0 Å². The van der Waals surface area contributed by atoms with Crippen molar-refractivity contribution in [3.63, 3.8) is 0 Å². The Bertz CT molecular complexity index is 326. The highest BCUT2D eigenvalue weighted by Gasteiger charge is 2.67. The second kappa shape index (κ2) is 4.50. The summed E-state index contributed by atoms with van der Waals surface area (Å²) in [7, 11) is 0. The van der Waals surface area contributed by atoms with Crippen LogP contribution in [0.1, 0.15) is 81.1 Å². The minimum atomic E-state index is 0.482. The van der Waals surface area contributed by atoms with E-state index in [9.17, 15) is 0 Å². The number of hydrogen-bond acceptors (Lipinski definition) is 0. The van der Waals surface area contributed by atoms with E-state index in [-0.39, 0.29) is 0 Å². The van der Waals surface area contributed by atoms with Gasteiger partial charge in [-0.05, 0) is 52.8 Å². The first-order chi connectivity index (χ1) is 8.53. The summed E-state index contributed by atoms with van der Waals surface area (Å²) in [5, 5.41) is 0. The molecule has 112 valence electrons. The van der Waals surface area contributed by atoms with E-state index in [1.165, 1.54) is 25.7 Å². The van der Waals surface area contributed by atoms with Gasteiger partial charge < -0.3 is 0 Å². The van der Waals surface area contributed by atoms with Crippen LogP contribution in [-0.2, 0) is 0 Å². The van der Waals surface area contributed by atoms with Crippen molar-refractivity contribution < 1.29 is 0 Å². The molecule has 3 unspecified atom stereocenters. The lowest BCUT2D eigenvalue weighted by atomic mass is 9.64. The SMILES string of the molecule is CC1CCC(C)C1C1(CC(C)(C)C(C)C)CC1(C)C. The lowest BCUT2D eigenvalue weighted by Gasteiger charge is -2.41. The molecule has 2 rings (SSSR count). The predicted molar refractivity (Wildman–Crippen MR) is 85.1 cm³/mol. The van der Waals surface area contributed by atoms with Crippen LogP contribution in [0, 0.1) is 39.9 Å². The molecular formula is C19H36. The smallest absolute Gasteiger partial charge is 0.0202 e. The van der Waals surface area contributed by atoms with Crippen LogP contribution in [0.25, 0.3) is 0 Å². The summed E-state index contributed by atoms with van der Waals surface area (Å²) in [6.07, 6.45) is 5.83. The van der Waals surface area contributed by atoms with Crippen LogP contribution in [0.15, 0.2) is 0 Å². The Labute approximate surface area is 121 Å². The molecule has 0 heteroatoms. The van der Waals surface area contributed by atoms with Crippen molar-refractivity contribution in [2.45, 2.75) is 81.1 Å². The van der Waals surface area contributed by atoms with Crippen molar-refractivity contribution >= 4 is 0 Å². The number of rotatable bonds is 4. The first-order valence-corrected chi connectivity index (χ1v) is 8.53. The second-order valence-corrected chi connectivity index (χ2v) is 9.59. The average molecular weight is 264 g/mol. The van der Waals surface area contributed by atoms with E-state index in [1.54, 1.807) is 0 Å². The maximum Gasteiger partial charge on any atom is -0.0202 e. The molecule has 3 atom stereocenters. The van der Waals surface area contributed by atoms with Crippen LogP contribution in [0.3, 0.4) is 0 Å². The van der Waals surface area contributed by atoms with Gasteiger partial charge in [0.2, 0.25) is 0 Å². The van der Waals surface area contributed by atoms with Crippen molar-refractivity contribution in [1.82, 2.24) is 0 Å². The van der Waals surface area contributed by atoms with Crippen LogP contribution in [0.2, 0.25) is 0 Å². The molecule has 0 aromatic heterocycles. The minimum absolute atomic E-state index is 0.482. The molecule has 2 aliphatic carbocycles. The summed E-state index contributed by atoms with van der Waals surface area (Å²) in [5.41, 5.74) is 1.70. The zero-order chi connectivity index (χ0) is 14.6. The van der Waals surface area contributed by atoms with Crippen LogP contribution in [0.5, 0.6) is 0 Å². The third kappa shape index (κ3) is 2.38. The molecule has 0 heterocycles.